The largest absolute Gasteiger partial charge is 0.497 e. The third kappa shape index (κ3) is 2.80. The van der Waals surface area contributed by atoms with E-state index in [9.17, 15) is 4.39 Å². The molecule has 4 heteroatoms. The van der Waals surface area contributed by atoms with Crippen molar-refractivity contribution in [2.24, 2.45) is 0 Å². The van der Waals surface area contributed by atoms with Crippen LogP contribution in [-0.4, -0.2) is 19.2 Å². The molecule has 0 fully saturated rings. The van der Waals surface area contributed by atoms with E-state index in [1.54, 1.807) is 14.2 Å². The monoisotopic (exact) mass is 347 g/mol. The highest BCUT2D eigenvalue weighted by Crippen LogP contribution is 2.39. The topological polar surface area (TPSA) is 34.2 Å². The molecule has 1 aromatic heterocycles. The van der Waals surface area contributed by atoms with Gasteiger partial charge in [-0.2, -0.15) is 0 Å². The molecule has 130 valence electrons. The predicted molar refractivity (Wildman–Crippen MR) is 102 cm³/mol. The molecule has 4 aromatic rings. The minimum atomic E-state index is -0.263. The summed E-state index contributed by atoms with van der Waals surface area (Å²) in [6.45, 7) is 0. The number of methoxy groups -OCH3 is 2. The maximum atomic E-state index is 13.7. The number of ether oxygens (including phenoxy) is 2. The van der Waals surface area contributed by atoms with Gasteiger partial charge in [0.25, 0.3) is 0 Å². The van der Waals surface area contributed by atoms with Gasteiger partial charge in [-0.15, -0.1) is 0 Å². The van der Waals surface area contributed by atoms with E-state index >= 15 is 0 Å². The average molecular weight is 347 g/mol. The molecule has 0 atom stereocenters. The first-order chi connectivity index (χ1) is 12.7. The molecule has 1 N–H and O–H groups in total. The summed E-state index contributed by atoms with van der Waals surface area (Å²) in [7, 11) is 3.29. The van der Waals surface area contributed by atoms with Crippen molar-refractivity contribution < 1.29 is 13.9 Å². The lowest BCUT2D eigenvalue weighted by atomic mass is 9.98. The molecule has 0 saturated heterocycles. The van der Waals surface area contributed by atoms with Gasteiger partial charge in [-0.1, -0.05) is 12.1 Å². The van der Waals surface area contributed by atoms with Gasteiger partial charge in [0.2, 0.25) is 0 Å². The number of benzene rings is 3. The maximum Gasteiger partial charge on any atom is 0.125 e. The second-order valence-corrected chi connectivity index (χ2v) is 6.02. The van der Waals surface area contributed by atoms with Gasteiger partial charge in [0.1, 0.15) is 17.3 Å². The van der Waals surface area contributed by atoms with E-state index in [0.717, 1.165) is 44.8 Å². The summed E-state index contributed by atoms with van der Waals surface area (Å²) in [5.41, 5.74) is 4.79. The summed E-state index contributed by atoms with van der Waals surface area (Å²) < 4.78 is 24.2. The first-order valence-electron chi connectivity index (χ1n) is 8.29. The van der Waals surface area contributed by atoms with E-state index in [4.69, 9.17) is 9.47 Å². The van der Waals surface area contributed by atoms with Crippen LogP contribution in [0.5, 0.6) is 11.5 Å². The number of hydrogen-bond acceptors (Lipinski definition) is 2. The van der Waals surface area contributed by atoms with E-state index in [1.807, 2.05) is 54.6 Å². The smallest absolute Gasteiger partial charge is 0.125 e. The maximum absolute atomic E-state index is 13.7. The summed E-state index contributed by atoms with van der Waals surface area (Å²) in [5, 5.41) is 0.974. The van der Waals surface area contributed by atoms with Crippen molar-refractivity contribution in [1.82, 2.24) is 4.98 Å². The molecule has 0 saturated carbocycles. The van der Waals surface area contributed by atoms with Crippen molar-refractivity contribution in [3.05, 3.63) is 72.5 Å². The van der Waals surface area contributed by atoms with Crippen molar-refractivity contribution in [3.8, 4) is 33.9 Å². The molecule has 1 heterocycles. The highest BCUT2D eigenvalue weighted by atomic mass is 19.1. The molecule has 0 bridgehead atoms. The van der Waals surface area contributed by atoms with Crippen LogP contribution in [0.1, 0.15) is 0 Å². The third-order valence-electron chi connectivity index (χ3n) is 4.52. The van der Waals surface area contributed by atoms with Crippen LogP contribution in [-0.2, 0) is 0 Å². The first-order valence-corrected chi connectivity index (χ1v) is 8.29. The van der Waals surface area contributed by atoms with Crippen LogP contribution in [0.2, 0.25) is 0 Å². The van der Waals surface area contributed by atoms with Gasteiger partial charge in [-0.3, -0.25) is 0 Å². The SMILES string of the molecule is COc1ccc(-c2[nH]c3cc(F)ccc3c2-c2ccc(OC)cc2)cc1. The zero-order valence-corrected chi connectivity index (χ0v) is 14.5. The number of H-pyrrole nitrogens is 1. The molecule has 0 amide bonds. The molecular weight excluding hydrogens is 329 g/mol. The molecule has 0 radical (unpaired) electrons. The van der Waals surface area contributed by atoms with Crippen molar-refractivity contribution in [3.63, 3.8) is 0 Å². The van der Waals surface area contributed by atoms with Gasteiger partial charge in [0.05, 0.1) is 19.9 Å². The fourth-order valence-corrected chi connectivity index (χ4v) is 3.20. The third-order valence-corrected chi connectivity index (χ3v) is 4.52. The van der Waals surface area contributed by atoms with Crippen LogP contribution in [0.25, 0.3) is 33.3 Å². The van der Waals surface area contributed by atoms with Crippen LogP contribution in [0.4, 0.5) is 4.39 Å². The number of nitrogens with one attached hydrogen (secondary N) is 1. The number of hydrogen-bond donors (Lipinski definition) is 1. The molecule has 4 rings (SSSR count). The quantitative estimate of drug-likeness (QED) is 0.517. The Kier molecular flexibility index (Phi) is 4.09. The van der Waals surface area contributed by atoms with E-state index in [1.165, 1.54) is 12.1 Å². The number of rotatable bonds is 4. The van der Waals surface area contributed by atoms with Crippen LogP contribution in [0, 0.1) is 5.82 Å². The van der Waals surface area contributed by atoms with E-state index in [0.29, 0.717) is 0 Å². The molecule has 0 spiro atoms. The average Bonchev–Trinajstić information content (AvgIpc) is 3.06. The molecule has 0 aliphatic rings. The summed E-state index contributed by atoms with van der Waals surface area (Å²) >= 11 is 0. The Hall–Kier alpha value is -3.27. The van der Waals surface area contributed by atoms with Gasteiger partial charge in [0.15, 0.2) is 0 Å². The Morgan fingerprint density at radius 2 is 1.31 bits per heavy atom. The van der Waals surface area contributed by atoms with Gasteiger partial charge < -0.3 is 14.5 Å². The highest BCUT2D eigenvalue weighted by Gasteiger charge is 2.16. The molecule has 0 unspecified atom stereocenters. The molecule has 3 aromatic carbocycles. The Bertz CT molecular complexity index is 1050. The Morgan fingerprint density at radius 3 is 1.88 bits per heavy atom. The summed E-state index contributed by atoms with van der Waals surface area (Å²) in [4.78, 5) is 3.37. The number of fused-ring (bicyclic) bond motifs is 1. The number of halogens is 1. The highest BCUT2D eigenvalue weighted by molar-refractivity contribution is 6.03. The van der Waals surface area contributed by atoms with Gasteiger partial charge >= 0.3 is 0 Å². The number of aromatic nitrogens is 1. The van der Waals surface area contributed by atoms with Crippen LogP contribution in [0.15, 0.2) is 66.7 Å². The molecule has 3 nitrogen and oxygen atoms in total. The minimum absolute atomic E-state index is 0.263. The number of aromatic amines is 1. The standard InChI is InChI=1S/C22H18FNO2/c1-25-17-8-3-14(4-9-17)21-19-12-7-16(23)13-20(19)24-22(21)15-5-10-18(26-2)11-6-15/h3-13,24H,1-2H3. The molecule has 0 aliphatic carbocycles. The Morgan fingerprint density at radius 1 is 0.731 bits per heavy atom. The lowest BCUT2D eigenvalue weighted by Crippen LogP contribution is -1.86. The van der Waals surface area contributed by atoms with Crippen molar-refractivity contribution in [2.45, 2.75) is 0 Å². The molecule has 0 aliphatic heterocycles. The van der Waals surface area contributed by atoms with Crippen LogP contribution < -0.4 is 9.47 Å². The Balaban J connectivity index is 1.95. The van der Waals surface area contributed by atoms with Gasteiger partial charge in [-0.05, 0) is 65.7 Å². The first kappa shape index (κ1) is 16.2. The lowest BCUT2D eigenvalue weighted by molar-refractivity contribution is 0.414. The predicted octanol–water partition coefficient (Wildman–Crippen LogP) is 5.66. The van der Waals surface area contributed by atoms with Crippen molar-refractivity contribution >= 4 is 10.9 Å². The van der Waals surface area contributed by atoms with E-state index in [-0.39, 0.29) is 5.82 Å². The Labute approximate surface area is 151 Å². The van der Waals surface area contributed by atoms with Gasteiger partial charge in [-0.25, -0.2) is 4.39 Å². The second kappa shape index (κ2) is 6.56. The van der Waals surface area contributed by atoms with E-state index < -0.39 is 0 Å². The zero-order valence-electron chi connectivity index (χ0n) is 14.5. The van der Waals surface area contributed by atoms with Crippen LogP contribution >= 0.6 is 0 Å². The molecular formula is C22H18FNO2. The van der Waals surface area contributed by atoms with E-state index in [2.05, 4.69) is 4.98 Å². The fourth-order valence-electron chi connectivity index (χ4n) is 3.20. The van der Waals surface area contributed by atoms with Crippen LogP contribution in [0.3, 0.4) is 0 Å². The fraction of sp³-hybridized carbons (Fsp3) is 0.0909. The van der Waals surface area contributed by atoms with Crippen molar-refractivity contribution in [1.29, 1.82) is 0 Å². The molecule has 26 heavy (non-hydrogen) atoms. The van der Waals surface area contributed by atoms with Gasteiger partial charge in [0, 0.05) is 16.5 Å². The van der Waals surface area contributed by atoms with Crippen molar-refractivity contribution in [2.75, 3.05) is 14.2 Å². The summed E-state index contributed by atoms with van der Waals surface area (Å²) in [5.74, 6) is 1.33. The minimum Gasteiger partial charge on any atom is -0.497 e. The normalized spacial score (nSPS) is 10.9. The second-order valence-electron chi connectivity index (χ2n) is 6.02. The summed E-state index contributed by atoms with van der Waals surface area (Å²) in [6.07, 6.45) is 0. The zero-order chi connectivity index (χ0) is 18.1. The lowest BCUT2D eigenvalue weighted by Gasteiger charge is -2.08. The summed E-state index contributed by atoms with van der Waals surface area (Å²) in [6, 6.07) is 20.5.